The van der Waals surface area contributed by atoms with E-state index in [1.54, 1.807) is 24.4 Å². The van der Waals surface area contributed by atoms with Crippen molar-refractivity contribution in [3.63, 3.8) is 0 Å². The maximum Gasteiger partial charge on any atom is 0.274 e. The molecule has 0 saturated carbocycles. The highest BCUT2D eigenvalue weighted by Gasteiger charge is 2.10. The minimum atomic E-state index is -0.216. The molecule has 0 atom stereocenters. The summed E-state index contributed by atoms with van der Waals surface area (Å²) >= 11 is 0. The first kappa shape index (κ1) is 12.1. The van der Waals surface area contributed by atoms with E-state index >= 15 is 0 Å². The molecule has 18 heavy (non-hydrogen) atoms. The standard InChI is InChI=1S/C14H15N3O/c1-9-7-11(15)8-10(2)13(9)17-14(18)12-5-3-4-6-16-12/h3-8H,15H2,1-2H3,(H,17,18). The van der Waals surface area contributed by atoms with E-state index in [1.165, 1.54) is 0 Å². The number of hydrogen-bond acceptors (Lipinski definition) is 3. The summed E-state index contributed by atoms with van der Waals surface area (Å²) in [5, 5.41) is 2.86. The zero-order chi connectivity index (χ0) is 13.1. The average molecular weight is 241 g/mol. The van der Waals surface area contributed by atoms with Crippen LogP contribution in [-0.2, 0) is 0 Å². The molecule has 1 heterocycles. The SMILES string of the molecule is Cc1cc(N)cc(C)c1NC(=O)c1ccccn1. The van der Waals surface area contributed by atoms with Crippen molar-refractivity contribution in [2.24, 2.45) is 0 Å². The van der Waals surface area contributed by atoms with E-state index in [9.17, 15) is 4.79 Å². The van der Waals surface area contributed by atoms with Crippen molar-refractivity contribution in [3.05, 3.63) is 53.3 Å². The Morgan fingerprint density at radius 1 is 1.22 bits per heavy atom. The van der Waals surface area contributed by atoms with Gasteiger partial charge in [-0.25, -0.2) is 0 Å². The van der Waals surface area contributed by atoms with Crippen LogP contribution in [-0.4, -0.2) is 10.9 Å². The fourth-order valence-corrected chi connectivity index (χ4v) is 1.87. The quantitative estimate of drug-likeness (QED) is 0.794. The zero-order valence-electron chi connectivity index (χ0n) is 10.4. The van der Waals surface area contributed by atoms with Crippen molar-refractivity contribution in [1.29, 1.82) is 0 Å². The summed E-state index contributed by atoms with van der Waals surface area (Å²) in [5.41, 5.74) is 9.51. The third kappa shape index (κ3) is 2.48. The molecule has 1 amide bonds. The number of nitrogen functional groups attached to an aromatic ring is 1. The second-order valence-electron chi connectivity index (χ2n) is 4.20. The van der Waals surface area contributed by atoms with Crippen LogP contribution in [0.15, 0.2) is 36.5 Å². The number of hydrogen-bond donors (Lipinski definition) is 2. The fourth-order valence-electron chi connectivity index (χ4n) is 1.87. The van der Waals surface area contributed by atoms with Crippen molar-refractivity contribution in [3.8, 4) is 0 Å². The maximum absolute atomic E-state index is 12.0. The van der Waals surface area contributed by atoms with Gasteiger partial charge in [-0.2, -0.15) is 0 Å². The molecule has 0 aliphatic heterocycles. The largest absolute Gasteiger partial charge is 0.399 e. The van der Waals surface area contributed by atoms with E-state index in [2.05, 4.69) is 10.3 Å². The van der Waals surface area contributed by atoms with Gasteiger partial charge < -0.3 is 11.1 Å². The van der Waals surface area contributed by atoms with Crippen molar-refractivity contribution in [1.82, 2.24) is 4.98 Å². The Morgan fingerprint density at radius 3 is 2.44 bits per heavy atom. The van der Waals surface area contributed by atoms with E-state index in [1.807, 2.05) is 26.0 Å². The van der Waals surface area contributed by atoms with Crippen molar-refractivity contribution < 1.29 is 4.79 Å². The van der Waals surface area contributed by atoms with Gasteiger partial charge in [0.2, 0.25) is 0 Å². The molecule has 0 unspecified atom stereocenters. The lowest BCUT2D eigenvalue weighted by Crippen LogP contribution is -2.15. The van der Waals surface area contributed by atoms with Gasteiger partial charge in [0.1, 0.15) is 5.69 Å². The summed E-state index contributed by atoms with van der Waals surface area (Å²) in [6.07, 6.45) is 1.59. The van der Waals surface area contributed by atoms with Gasteiger partial charge in [-0.1, -0.05) is 6.07 Å². The number of rotatable bonds is 2. The Hall–Kier alpha value is -2.36. The molecule has 92 valence electrons. The van der Waals surface area contributed by atoms with Gasteiger partial charge in [0, 0.05) is 17.6 Å². The first-order valence-electron chi connectivity index (χ1n) is 5.67. The number of nitrogens with two attached hydrogens (primary N) is 1. The first-order valence-corrected chi connectivity index (χ1v) is 5.67. The zero-order valence-corrected chi connectivity index (χ0v) is 10.4. The fraction of sp³-hybridized carbons (Fsp3) is 0.143. The number of benzene rings is 1. The Bertz CT molecular complexity index is 556. The monoisotopic (exact) mass is 241 g/mol. The van der Waals surface area contributed by atoms with Gasteiger partial charge in [-0.15, -0.1) is 0 Å². The summed E-state index contributed by atoms with van der Waals surface area (Å²) in [5.74, 6) is -0.216. The summed E-state index contributed by atoms with van der Waals surface area (Å²) in [6.45, 7) is 3.83. The van der Waals surface area contributed by atoms with Crippen molar-refractivity contribution in [2.45, 2.75) is 13.8 Å². The van der Waals surface area contributed by atoms with Gasteiger partial charge in [0.25, 0.3) is 5.91 Å². The lowest BCUT2D eigenvalue weighted by Gasteiger charge is -2.12. The number of carbonyl (C=O) groups excluding carboxylic acids is 1. The second-order valence-corrected chi connectivity index (χ2v) is 4.20. The molecule has 4 heteroatoms. The van der Waals surface area contributed by atoms with E-state index in [-0.39, 0.29) is 5.91 Å². The number of aromatic nitrogens is 1. The van der Waals surface area contributed by atoms with Crippen LogP contribution in [0.2, 0.25) is 0 Å². The lowest BCUT2D eigenvalue weighted by atomic mass is 10.1. The summed E-state index contributed by atoms with van der Waals surface area (Å²) in [7, 11) is 0. The van der Waals surface area contributed by atoms with Crippen LogP contribution in [0.5, 0.6) is 0 Å². The summed E-state index contributed by atoms with van der Waals surface area (Å²) < 4.78 is 0. The molecule has 3 N–H and O–H groups in total. The van der Waals surface area contributed by atoms with Gasteiger partial charge in [-0.3, -0.25) is 9.78 Å². The third-order valence-electron chi connectivity index (χ3n) is 2.69. The number of amides is 1. The second kappa shape index (κ2) is 4.87. The minimum Gasteiger partial charge on any atom is -0.399 e. The predicted octanol–water partition coefficient (Wildman–Crippen LogP) is 2.53. The van der Waals surface area contributed by atoms with Crippen LogP contribution in [0.25, 0.3) is 0 Å². The van der Waals surface area contributed by atoms with Crippen molar-refractivity contribution >= 4 is 17.3 Å². The van der Waals surface area contributed by atoms with E-state index < -0.39 is 0 Å². The van der Waals surface area contributed by atoms with E-state index in [4.69, 9.17) is 5.73 Å². The molecule has 0 bridgehead atoms. The predicted molar refractivity (Wildman–Crippen MR) is 72.5 cm³/mol. The number of nitrogens with one attached hydrogen (secondary N) is 1. The summed E-state index contributed by atoms with van der Waals surface area (Å²) in [6, 6.07) is 8.90. The number of anilines is 2. The van der Waals surface area contributed by atoms with Crippen LogP contribution in [0.3, 0.4) is 0 Å². The Kier molecular flexibility index (Phi) is 3.28. The minimum absolute atomic E-state index is 0.216. The van der Waals surface area contributed by atoms with Gasteiger partial charge >= 0.3 is 0 Å². The molecule has 0 saturated heterocycles. The highest BCUT2D eigenvalue weighted by atomic mass is 16.1. The highest BCUT2D eigenvalue weighted by molar-refractivity contribution is 6.03. The Labute approximate surface area is 106 Å². The normalized spacial score (nSPS) is 10.1. The van der Waals surface area contributed by atoms with Crippen LogP contribution >= 0.6 is 0 Å². The molecule has 2 aromatic rings. The third-order valence-corrected chi connectivity index (χ3v) is 2.69. The molecule has 0 spiro atoms. The van der Waals surface area contributed by atoms with Gasteiger partial charge in [0.05, 0.1) is 0 Å². The highest BCUT2D eigenvalue weighted by Crippen LogP contribution is 2.23. The molecule has 1 aromatic heterocycles. The molecule has 0 fully saturated rings. The van der Waals surface area contributed by atoms with Crippen LogP contribution < -0.4 is 11.1 Å². The first-order chi connectivity index (χ1) is 8.58. The molecule has 0 aliphatic carbocycles. The smallest absolute Gasteiger partial charge is 0.274 e. The summed E-state index contributed by atoms with van der Waals surface area (Å²) in [4.78, 5) is 16.0. The topological polar surface area (TPSA) is 68.0 Å². The average Bonchev–Trinajstić information content (AvgIpc) is 2.34. The van der Waals surface area contributed by atoms with Crippen LogP contribution in [0.1, 0.15) is 21.6 Å². The number of aryl methyl sites for hydroxylation is 2. The van der Waals surface area contributed by atoms with E-state index in [0.717, 1.165) is 16.8 Å². The molecule has 0 aliphatic rings. The Morgan fingerprint density at radius 2 is 1.89 bits per heavy atom. The molecule has 4 nitrogen and oxygen atoms in total. The maximum atomic E-state index is 12.0. The van der Waals surface area contributed by atoms with E-state index in [0.29, 0.717) is 11.4 Å². The number of pyridine rings is 1. The lowest BCUT2D eigenvalue weighted by molar-refractivity contribution is 0.102. The molecule has 1 aromatic carbocycles. The van der Waals surface area contributed by atoms with Gasteiger partial charge in [0.15, 0.2) is 0 Å². The molecule has 2 rings (SSSR count). The molecular formula is C14H15N3O. The molecule has 0 radical (unpaired) electrons. The number of carbonyl (C=O) groups is 1. The Balaban J connectivity index is 2.28. The number of nitrogens with zero attached hydrogens (tertiary/aromatic N) is 1. The van der Waals surface area contributed by atoms with Crippen LogP contribution in [0, 0.1) is 13.8 Å². The van der Waals surface area contributed by atoms with Gasteiger partial charge in [-0.05, 0) is 49.2 Å². The van der Waals surface area contributed by atoms with Crippen LogP contribution in [0.4, 0.5) is 11.4 Å². The molecular weight excluding hydrogens is 226 g/mol. The van der Waals surface area contributed by atoms with Crippen molar-refractivity contribution in [2.75, 3.05) is 11.1 Å².